The Balaban J connectivity index is 1.69. The van der Waals surface area contributed by atoms with Gasteiger partial charge in [0.2, 0.25) is 11.8 Å². The fourth-order valence-corrected chi connectivity index (χ4v) is 2.89. The lowest BCUT2D eigenvalue weighted by molar-refractivity contribution is -0.139. The van der Waals surface area contributed by atoms with E-state index in [2.05, 4.69) is 5.32 Å². The number of benzene rings is 2. The summed E-state index contributed by atoms with van der Waals surface area (Å²) in [6, 6.07) is 11.7. The molecule has 1 aliphatic rings. The molecule has 0 aromatic heterocycles. The lowest BCUT2D eigenvalue weighted by Gasteiger charge is -2.14. The Kier molecular flexibility index (Phi) is 5.06. The van der Waals surface area contributed by atoms with Crippen LogP contribution in [0.15, 0.2) is 42.5 Å². The summed E-state index contributed by atoms with van der Waals surface area (Å²) in [5.74, 6) is -0.658. The zero-order valence-electron chi connectivity index (χ0n) is 13.1. The average molecular weight is 377 g/mol. The fourth-order valence-electron chi connectivity index (χ4n) is 2.54. The molecule has 7 heteroatoms. The predicted molar refractivity (Wildman–Crippen MR) is 95.6 cm³/mol. The summed E-state index contributed by atoms with van der Waals surface area (Å²) >= 11 is 12.0. The van der Waals surface area contributed by atoms with Gasteiger partial charge in [0.25, 0.3) is 5.91 Å². The predicted octanol–water partition coefficient (Wildman–Crippen LogP) is 3.89. The standard InChI is InChI=1S/C18H14Cl2N2O3/c19-13-2-1-3-14(17(13)20)21-18(25)12-6-4-11(5-7-12)10-22-15(23)8-9-16(22)24/h1-7H,8-10H2,(H,21,25). The maximum absolute atomic E-state index is 12.3. The molecule has 0 aliphatic carbocycles. The van der Waals surface area contributed by atoms with Gasteiger partial charge in [-0.2, -0.15) is 0 Å². The van der Waals surface area contributed by atoms with Crippen LogP contribution in [0, 0.1) is 0 Å². The van der Waals surface area contributed by atoms with Crippen molar-refractivity contribution in [2.24, 2.45) is 0 Å². The molecule has 0 saturated carbocycles. The van der Waals surface area contributed by atoms with Crippen LogP contribution in [0.4, 0.5) is 5.69 Å². The van der Waals surface area contributed by atoms with Crippen LogP contribution in [-0.4, -0.2) is 22.6 Å². The van der Waals surface area contributed by atoms with Crippen molar-refractivity contribution in [1.29, 1.82) is 0 Å². The highest BCUT2D eigenvalue weighted by molar-refractivity contribution is 6.44. The van der Waals surface area contributed by atoms with Crippen molar-refractivity contribution in [2.75, 3.05) is 5.32 Å². The minimum atomic E-state index is -0.330. The number of rotatable bonds is 4. The van der Waals surface area contributed by atoms with Gasteiger partial charge in [0.15, 0.2) is 0 Å². The van der Waals surface area contributed by atoms with E-state index in [1.165, 1.54) is 4.90 Å². The molecule has 1 N–H and O–H groups in total. The first-order valence-corrected chi connectivity index (χ1v) is 8.39. The van der Waals surface area contributed by atoms with Gasteiger partial charge in [-0.1, -0.05) is 41.4 Å². The topological polar surface area (TPSA) is 66.5 Å². The molecule has 0 unspecified atom stereocenters. The Morgan fingerprint density at radius 1 is 1.00 bits per heavy atom. The fraction of sp³-hybridized carbons (Fsp3) is 0.167. The second kappa shape index (κ2) is 7.25. The van der Waals surface area contributed by atoms with Gasteiger partial charge in [0.05, 0.1) is 22.3 Å². The molecule has 3 amide bonds. The third kappa shape index (κ3) is 3.83. The largest absolute Gasteiger partial charge is 0.321 e. The molecular formula is C18H14Cl2N2O3. The van der Waals surface area contributed by atoms with Crippen molar-refractivity contribution in [1.82, 2.24) is 4.90 Å². The summed E-state index contributed by atoms with van der Waals surface area (Å²) in [5.41, 5.74) is 1.64. The van der Waals surface area contributed by atoms with Gasteiger partial charge < -0.3 is 5.32 Å². The molecule has 1 aliphatic heterocycles. The van der Waals surface area contributed by atoms with E-state index in [0.717, 1.165) is 5.56 Å². The summed E-state index contributed by atoms with van der Waals surface area (Å²) in [6.45, 7) is 0.222. The molecule has 2 aromatic carbocycles. The Hall–Kier alpha value is -2.37. The normalized spacial score (nSPS) is 14.1. The molecular weight excluding hydrogens is 363 g/mol. The van der Waals surface area contributed by atoms with E-state index in [-0.39, 0.29) is 42.1 Å². The monoisotopic (exact) mass is 376 g/mol. The van der Waals surface area contributed by atoms with Gasteiger partial charge in [0, 0.05) is 18.4 Å². The molecule has 1 saturated heterocycles. The number of amides is 3. The van der Waals surface area contributed by atoms with Gasteiger partial charge >= 0.3 is 0 Å². The zero-order valence-corrected chi connectivity index (χ0v) is 14.6. The Labute approximate surface area is 154 Å². The van der Waals surface area contributed by atoms with E-state index in [4.69, 9.17) is 23.2 Å². The average Bonchev–Trinajstić information content (AvgIpc) is 2.91. The maximum atomic E-state index is 12.3. The van der Waals surface area contributed by atoms with Crippen molar-refractivity contribution < 1.29 is 14.4 Å². The molecule has 0 radical (unpaired) electrons. The highest BCUT2D eigenvalue weighted by Gasteiger charge is 2.28. The number of nitrogens with zero attached hydrogens (tertiary/aromatic N) is 1. The zero-order chi connectivity index (χ0) is 18.0. The van der Waals surface area contributed by atoms with Gasteiger partial charge in [-0.05, 0) is 29.8 Å². The van der Waals surface area contributed by atoms with Crippen molar-refractivity contribution >= 4 is 46.6 Å². The van der Waals surface area contributed by atoms with E-state index < -0.39 is 0 Å². The SMILES string of the molecule is O=C(Nc1cccc(Cl)c1Cl)c1ccc(CN2C(=O)CCC2=O)cc1. The molecule has 0 atom stereocenters. The highest BCUT2D eigenvalue weighted by Crippen LogP contribution is 2.29. The number of likely N-dealkylation sites (tertiary alicyclic amines) is 1. The first-order chi connectivity index (χ1) is 12.0. The molecule has 1 fully saturated rings. The Morgan fingerprint density at radius 3 is 2.28 bits per heavy atom. The van der Waals surface area contributed by atoms with Gasteiger partial charge in [0.1, 0.15) is 0 Å². The Bertz CT molecular complexity index is 834. The molecule has 5 nitrogen and oxygen atoms in total. The minimum Gasteiger partial charge on any atom is -0.321 e. The van der Waals surface area contributed by atoms with E-state index in [0.29, 0.717) is 16.3 Å². The summed E-state index contributed by atoms with van der Waals surface area (Å²) in [6.07, 6.45) is 0.527. The van der Waals surface area contributed by atoms with Gasteiger partial charge in [-0.3, -0.25) is 19.3 Å². The van der Waals surface area contributed by atoms with E-state index in [1.54, 1.807) is 42.5 Å². The summed E-state index contributed by atoms with van der Waals surface area (Å²) < 4.78 is 0. The van der Waals surface area contributed by atoms with E-state index in [9.17, 15) is 14.4 Å². The van der Waals surface area contributed by atoms with Gasteiger partial charge in [-0.15, -0.1) is 0 Å². The van der Waals surface area contributed by atoms with Crippen LogP contribution in [0.25, 0.3) is 0 Å². The van der Waals surface area contributed by atoms with Crippen LogP contribution in [0.1, 0.15) is 28.8 Å². The van der Waals surface area contributed by atoms with Crippen molar-refractivity contribution in [3.63, 3.8) is 0 Å². The quantitative estimate of drug-likeness (QED) is 0.822. The summed E-state index contributed by atoms with van der Waals surface area (Å²) in [7, 11) is 0. The van der Waals surface area contributed by atoms with Crippen molar-refractivity contribution in [3.05, 3.63) is 63.6 Å². The number of hydrogen-bond acceptors (Lipinski definition) is 3. The second-order valence-corrected chi connectivity index (χ2v) is 6.41. The molecule has 0 spiro atoms. The summed E-state index contributed by atoms with van der Waals surface area (Å²) in [5, 5.41) is 3.33. The third-order valence-electron chi connectivity index (χ3n) is 3.91. The summed E-state index contributed by atoms with van der Waals surface area (Å²) in [4.78, 5) is 36.8. The van der Waals surface area contributed by atoms with E-state index in [1.807, 2.05) is 0 Å². The number of carbonyl (C=O) groups excluding carboxylic acids is 3. The lowest BCUT2D eigenvalue weighted by atomic mass is 10.1. The van der Waals surface area contributed by atoms with Crippen LogP contribution in [-0.2, 0) is 16.1 Å². The van der Waals surface area contributed by atoms with E-state index >= 15 is 0 Å². The molecule has 128 valence electrons. The number of hydrogen-bond donors (Lipinski definition) is 1. The van der Waals surface area contributed by atoms with Crippen LogP contribution >= 0.6 is 23.2 Å². The number of nitrogens with one attached hydrogen (secondary N) is 1. The molecule has 3 rings (SSSR count). The van der Waals surface area contributed by atoms with Crippen molar-refractivity contribution in [3.8, 4) is 0 Å². The van der Waals surface area contributed by atoms with Crippen LogP contribution in [0.5, 0.6) is 0 Å². The molecule has 25 heavy (non-hydrogen) atoms. The third-order valence-corrected chi connectivity index (χ3v) is 4.73. The van der Waals surface area contributed by atoms with Crippen molar-refractivity contribution in [2.45, 2.75) is 19.4 Å². The second-order valence-electron chi connectivity index (χ2n) is 5.63. The van der Waals surface area contributed by atoms with Crippen LogP contribution in [0.2, 0.25) is 10.0 Å². The number of halogens is 2. The minimum absolute atomic E-state index is 0.164. The smallest absolute Gasteiger partial charge is 0.255 e. The number of anilines is 1. The van der Waals surface area contributed by atoms with Gasteiger partial charge in [-0.25, -0.2) is 0 Å². The molecule has 0 bridgehead atoms. The molecule has 2 aromatic rings. The lowest BCUT2D eigenvalue weighted by Crippen LogP contribution is -2.28. The molecule has 1 heterocycles. The van der Waals surface area contributed by atoms with Crippen LogP contribution in [0.3, 0.4) is 0 Å². The number of imide groups is 1. The number of carbonyl (C=O) groups is 3. The highest BCUT2D eigenvalue weighted by atomic mass is 35.5. The maximum Gasteiger partial charge on any atom is 0.255 e. The first-order valence-electron chi connectivity index (χ1n) is 7.63. The Morgan fingerprint density at radius 2 is 1.64 bits per heavy atom. The first kappa shape index (κ1) is 17.5. The van der Waals surface area contributed by atoms with Crippen LogP contribution < -0.4 is 5.32 Å².